The zero-order valence-corrected chi connectivity index (χ0v) is 9.33. The van der Waals surface area contributed by atoms with Crippen molar-refractivity contribution in [3.05, 3.63) is 12.4 Å². The summed E-state index contributed by atoms with van der Waals surface area (Å²) in [6.07, 6.45) is 7.55. The third kappa shape index (κ3) is 2.39. The molecule has 2 heteroatoms. The fourth-order valence-corrected chi connectivity index (χ4v) is 1.79. The third-order valence-corrected chi connectivity index (χ3v) is 2.71. The van der Waals surface area contributed by atoms with Crippen LogP contribution in [0.3, 0.4) is 0 Å². The minimum Gasteiger partial charge on any atom is -0.356 e. The van der Waals surface area contributed by atoms with Gasteiger partial charge in [0.25, 0.3) is 0 Å². The van der Waals surface area contributed by atoms with Crippen LogP contribution in [0.2, 0.25) is 0 Å². The number of hydrogen-bond acceptors (Lipinski definition) is 2. The van der Waals surface area contributed by atoms with Crippen molar-refractivity contribution in [2.75, 3.05) is 6.54 Å². The molecule has 0 bridgehead atoms. The van der Waals surface area contributed by atoms with E-state index in [-0.39, 0.29) is 0 Å². The molecule has 0 aromatic heterocycles. The predicted molar refractivity (Wildman–Crippen MR) is 57.2 cm³/mol. The summed E-state index contributed by atoms with van der Waals surface area (Å²) in [7, 11) is 0. The van der Waals surface area contributed by atoms with Crippen LogP contribution in [0.5, 0.6) is 0 Å². The Morgan fingerprint density at radius 1 is 1.31 bits per heavy atom. The lowest BCUT2D eigenvalue weighted by molar-refractivity contribution is 0.142. The largest absolute Gasteiger partial charge is 0.356 e. The topological polar surface area (TPSA) is 6.48 Å². The molecule has 0 amide bonds. The zero-order chi connectivity index (χ0) is 9.84. The van der Waals surface area contributed by atoms with Crippen molar-refractivity contribution in [3.8, 4) is 0 Å². The first-order valence-corrected chi connectivity index (χ1v) is 5.38. The highest BCUT2D eigenvalue weighted by Gasteiger charge is 2.22. The van der Waals surface area contributed by atoms with Crippen molar-refractivity contribution in [3.63, 3.8) is 0 Å². The van der Waals surface area contributed by atoms with E-state index in [1.54, 1.807) is 0 Å². The van der Waals surface area contributed by atoms with E-state index >= 15 is 0 Å². The van der Waals surface area contributed by atoms with Gasteiger partial charge in [-0.2, -0.15) is 0 Å². The molecule has 1 rings (SSSR count). The van der Waals surface area contributed by atoms with Gasteiger partial charge in [-0.3, -0.25) is 0 Å². The average Bonchev–Trinajstić information content (AvgIpc) is 2.43. The molecule has 0 aliphatic carbocycles. The smallest absolute Gasteiger partial charge is 0.0980 e. The Balaban J connectivity index is 2.41. The van der Waals surface area contributed by atoms with Crippen molar-refractivity contribution >= 4 is 0 Å². The first-order valence-electron chi connectivity index (χ1n) is 5.38. The summed E-state index contributed by atoms with van der Waals surface area (Å²) in [5.74, 6) is 0. The summed E-state index contributed by atoms with van der Waals surface area (Å²) >= 11 is 0. The molecule has 1 aliphatic rings. The standard InChI is InChI=1S/C11H22N2/c1-5-6-7-12-8-9-13(10(2)3)11(12)4/h8-11H,5-7H2,1-4H3. The molecule has 0 saturated carbocycles. The van der Waals surface area contributed by atoms with Gasteiger partial charge >= 0.3 is 0 Å². The maximum Gasteiger partial charge on any atom is 0.0980 e. The summed E-state index contributed by atoms with van der Waals surface area (Å²) in [5, 5.41) is 0. The highest BCUT2D eigenvalue weighted by atomic mass is 15.4. The van der Waals surface area contributed by atoms with Gasteiger partial charge in [-0.05, 0) is 27.2 Å². The van der Waals surface area contributed by atoms with Gasteiger partial charge in [-0.15, -0.1) is 0 Å². The van der Waals surface area contributed by atoms with Crippen molar-refractivity contribution in [2.24, 2.45) is 0 Å². The molecule has 0 saturated heterocycles. The Morgan fingerprint density at radius 3 is 2.46 bits per heavy atom. The molecule has 1 atom stereocenters. The summed E-state index contributed by atoms with van der Waals surface area (Å²) in [4.78, 5) is 4.82. The maximum atomic E-state index is 2.42. The Kier molecular flexibility index (Phi) is 3.64. The van der Waals surface area contributed by atoms with Gasteiger partial charge in [0.05, 0.1) is 6.17 Å². The van der Waals surface area contributed by atoms with Gasteiger partial charge in [0.2, 0.25) is 0 Å². The molecule has 0 aromatic rings. The van der Waals surface area contributed by atoms with Gasteiger partial charge < -0.3 is 9.80 Å². The second-order valence-electron chi connectivity index (χ2n) is 4.06. The molecule has 1 heterocycles. The van der Waals surface area contributed by atoms with Crippen molar-refractivity contribution in [1.82, 2.24) is 9.80 Å². The maximum absolute atomic E-state index is 2.42. The number of hydrogen-bond donors (Lipinski definition) is 0. The quantitative estimate of drug-likeness (QED) is 0.659. The minimum atomic E-state index is 0.548. The van der Waals surface area contributed by atoms with E-state index in [1.165, 1.54) is 19.4 Å². The van der Waals surface area contributed by atoms with Gasteiger partial charge in [0, 0.05) is 25.0 Å². The molecule has 13 heavy (non-hydrogen) atoms. The minimum absolute atomic E-state index is 0.548. The first-order chi connectivity index (χ1) is 6.16. The Labute approximate surface area is 82.2 Å². The molecule has 76 valence electrons. The molecule has 2 nitrogen and oxygen atoms in total. The molecule has 0 radical (unpaired) electrons. The fourth-order valence-electron chi connectivity index (χ4n) is 1.79. The van der Waals surface area contributed by atoms with Crippen molar-refractivity contribution < 1.29 is 0 Å². The number of unbranched alkanes of at least 4 members (excludes halogenated alkanes) is 1. The van der Waals surface area contributed by atoms with Crippen LogP contribution in [-0.4, -0.2) is 28.6 Å². The lowest BCUT2D eigenvalue weighted by Gasteiger charge is -2.32. The van der Waals surface area contributed by atoms with E-state index in [0.29, 0.717) is 12.2 Å². The zero-order valence-electron chi connectivity index (χ0n) is 9.33. The summed E-state index contributed by atoms with van der Waals surface area (Å²) in [6.45, 7) is 10.2. The van der Waals surface area contributed by atoms with Gasteiger partial charge in [-0.1, -0.05) is 13.3 Å². The van der Waals surface area contributed by atoms with E-state index in [9.17, 15) is 0 Å². The first kappa shape index (κ1) is 10.4. The molecular formula is C11H22N2. The average molecular weight is 182 g/mol. The van der Waals surface area contributed by atoms with E-state index < -0.39 is 0 Å². The fraction of sp³-hybridized carbons (Fsp3) is 0.818. The summed E-state index contributed by atoms with van der Waals surface area (Å²) in [6, 6.07) is 0.609. The molecule has 0 N–H and O–H groups in total. The molecule has 0 spiro atoms. The molecule has 1 unspecified atom stereocenters. The Morgan fingerprint density at radius 2 is 2.00 bits per heavy atom. The molecule has 0 fully saturated rings. The van der Waals surface area contributed by atoms with Crippen LogP contribution in [0.4, 0.5) is 0 Å². The van der Waals surface area contributed by atoms with Crippen LogP contribution in [-0.2, 0) is 0 Å². The van der Waals surface area contributed by atoms with Crippen LogP contribution >= 0.6 is 0 Å². The normalized spacial score (nSPS) is 22.1. The third-order valence-electron chi connectivity index (χ3n) is 2.71. The molecule has 0 aromatic carbocycles. The van der Waals surface area contributed by atoms with Gasteiger partial charge in [0.15, 0.2) is 0 Å². The van der Waals surface area contributed by atoms with Crippen LogP contribution < -0.4 is 0 Å². The number of nitrogens with zero attached hydrogens (tertiary/aromatic N) is 2. The monoisotopic (exact) mass is 182 g/mol. The van der Waals surface area contributed by atoms with Crippen LogP contribution in [0, 0.1) is 0 Å². The van der Waals surface area contributed by atoms with Gasteiger partial charge in [-0.25, -0.2) is 0 Å². The van der Waals surface area contributed by atoms with E-state index in [1.807, 2.05) is 0 Å². The van der Waals surface area contributed by atoms with E-state index in [0.717, 1.165) is 0 Å². The Bertz CT molecular complexity index is 175. The summed E-state index contributed by atoms with van der Waals surface area (Å²) < 4.78 is 0. The van der Waals surface area contributed by atoms with Gasteiger partial charge in [0.1, 0.15) is 0 Å². The predicted octanol–water partition coefficient (Wildman–Crippen LogP) is 2.63. The molecular weight excluding hydrogens is 160 g/mol. The van der Waals surface area contributed by atoms with E-state index in [4.69, 9.17) is 0 Å². The second-order valence-corrected chi connectivity index (χ2v) is 4.06. The number of rotatable bonds is 4. The van der Waals surface area contributed by atoms with Crippen molar-refractivity contribution in [2.45, 2.75) is 52.7 Å². The second kappa shape index (κ2) is 4.54. The summed E-state index contributed by atoms with van der Waals surface area (Å²) in [5.41, 5.74) is 0. The highest BCUT2D eigenvalue weighted by molar-refractivity contribution is 4.96. The Hall–Kier alpha value is -0.660. The highest BCUT2D eigenvalue weighted by Crippen LogP contribution is 2.18. The lowest BCUT2D eigenvalue weighted by Crippen LogP contribution is -2.39. The van der Waals surface area contributed by atoms with Crippen molar-refractivity contribution in [1.29, 1.82) is 0 Å². The SMILES string of the molecule is CCCCN1C=CN(C(C)C)C1C. The molecule has 1 aliphatic heterocycles. The van der Waals surface area contributed by atoms with E-state index in [2.05, 4.69) is 49.9 Å². The van der Waals surface area contributed by atoms with Crippen LogP contribution in [0.25, 0.3) is 0 Å². The lowest BCUT2D eigenvalue weighted by atomic mass is 10.3. The van der Waals surface area contributed by atoms with Crippen LogP contribution in [0.1, 0.15) is 40.5 Å². The van der Waals surface area contributed by atoms with Crippen LogP contribution in [0.15, 0.2) is 12.4 Å².